The van der Waals surface area contributed by atoms with E-state index in [1.807, 2.05) is 21.1 Å². The molecule has 0 heterocycles. The molecule has 0 aromatic rings. The molecule has 0 N–H and O–H groups in total. The van der Waals surface area contributed by atoms with E-state index in [9.17, 15) is 19.0 Å². The minimum absolute atomic E-state index is 0.0303. The van der Waals surface area contributed by atoms with Crippen LogP contribution >= 0.6 is 7.82 Å². The lowest BCUT2D eigenvalue weighted by Crippen LogP contribution is -2.37. The van der Waals surface area contributed by atoms with Crippen LogP contribution in [0.5, 0.6) is 0 Å². The van der Waals surface area contributed by atoms with Crippen molar-refractivity contribution in [2.75, 3.05) is 47.5 Å². The van der Waals surface area contributed by atoms with E-state index >= 15 is 0 Å². The van der Waals surface area contributed by atoms with E-state index in [4.69, 9.17) is 18.5 Å². The molecule has 0 aliphatic carbocycles. The normalized spacial score (nSPS) is 13.5. The van der Waals surface area contributed by atoms with Crippen LogP contribution in [0.25, 0.3) is 0 Å². The highest BCUT2D eigenvalue weighted by atomic mass is 31.2. The maximum atomic E-state index is 12.8. The molecule has 2 unspecified atom stereocenters. The first-order valence-electron chi connectivity index (χ1n) is 32.3. The van der Waals surface area contributed by atoms with Crippen molar-refractivity contribution >= 4 is 19.8 Å². The molecule has 0 aliphatic heterocycles. The summed E-state index contributed by atoms with van der Waals surface area (Å²) in [5.41, 5.74) is 0. The highest BCUT2D eigenvalue weighted by Crippen LogP contribution is 2.38. The zero-order chi connectivity index (χ0) is 55.6. The third kappa shape index (κ3) is 61.2. The number of unbranched alkanes of at least 4 members (excludes halogenated alkanes) is 38. The molecule has 0 aliphatic rings. The number of rotatable bonds is 60. The van der Waals surface area contributed by atoms with Gasteiger partial charge in [0.2, 0.25) is 0 Å². The molecule has 0 amide bonds. The Bertz CT molecular complexity index is 1420. The van der Waals surface area contributed by atoms with E-state index in [1.54, 1.807) is 0 Å². The lowest BCUT2D eigenvalue weighted by atomic mass is 10.0. The number of phosphoric acid groups is 1. The van der Waals surface area contributed by atoms with Crippen molar-refractivity contribution in [2.24, 2.45) is 0 Å². The predicted octanol–water partition coefficient (Wildman–Crippen LogP) is 19.9. The number of carbonyl (C=O) groups excluding carboxylic acids is 2. The zero-order valence-corrected chi connectivity index (χ0v) is 51.6. The van der Waals surface area contributed by atoms with E-state index in [-0.39, 0.29) is 32.0 Å². The first-order valence-corrected chi connectivity index (χ1v) is 33.8. The molecule has 76 heavy (non-hydrogen) atoms. The molecule has 2 atom stereocenters. The summed E-state index contributed by atoms with van der Waals surface area (Å²) in [6.07, 6.45) is 73.1. The van der Waals surface area contributed by atoms with E-state index in [1.165, 1.54) is 225 Å². The standard InChI is InChI=1S/C66H124NO8P/c1-6-8-10-12-14-16-18-20-22-24-26-28-30-31-32-33-34-35-37-39-41-43-45-47-49-51-53-55-57-59-66(69)75-64(63-74-76(70,71)73-61-60-67(3,4)5)62-72-65(68)58-56-54-52-50-48-46-44-42-40-38-36-29-27-25-23-21-19-17-15-13-11-9-7-2/h18-21,24-27,64H,6-17,22-23,28-63H2,1-5H3/b20-18-,21-19-,26-24-,27-25-. The van der Waals surface area contributed by atoms with Crippen LogP contribution in [-0.2, 0) is 32.7 Å². The number of hydrogen-bond donors (Lipinski definition) is 0. The summed E-state index contributed by atoms with van der Waals surface area (Å²) in [5, 5.41) is 0. The van der Waals surface area contributed by atoms with Gasteiger partial charge in [0.15, 0.2) is 6.10 Å². The van der Waals surface area contributed by atoms with Gasteiger partial charge in [0.25, 0.3) is 7.82 Å². The van der Waals surface area contributed by atoms with Crippen molar-refractivity contribution in [1.29, 1.82) is 0 Å². The number of quaternary nitrogens is 1. The molecule has 0 radical (unpaired) electrons. The summed E-state index contributed by atoms with van der Waals surface area (Å²) < 4.78 is 34.3. The summed E-state index contributed by atoms with van der Waals surface area (Å²) in [7, 11) is 1.18. The number of phosphoric ester groups is 1. The number of esters is 2. The second-order valence-corrected chi connectivity index (χ2v) is 24.5. The van der Waals surface area contributed by atoms with Crippen LogP contribution in [0.2, 0.25) is 0 Å². The lowest BCUT2D eigenvalue weighted by molar-refractivity contribution is -0.870. The molecule has 0 aromatic heterocycles. The van der Waals surface area contributed by atoms with Crippen LogP contribution in [-0.4, -0.2) is 70.0 Å². The van der Waals surface area contributed by atoms with Crippen LogP contribution in [0, 0.1) is 0 Å². The third-order valence-electron chi connectivity index (χ3n) is 14.3. The Balaban J connectivity index is 4.07. The molecule has 0 bridgehead atoms. The molecule has 0 spiro atoms. The summed E-state index contributed by atoms with van der Waals surface area (Å²) in [6, 6.07) is 0. The van der Waals surface area contributed by atoms with Gasteiger partial charge in [-0.25, -0.2) is 0 Å². The number of nitrogens with zero attached hydrogens (tertiary/aromatic N) is 1. The van der Waals surface area contributed by atoms with E-state index < -0.39 is 26.5 Å². The average molecular weight is 1090 g/mol. The van der Waals surface area contributed by atoms with Gasteiger partial charge in [0.1, 0.15) is 19.8 Å². The zero-order valence-electron chi connectivity index (χ0n) is 50.7. The van der Waals surface area contributed by atoms with Gasteiger partial charge in [0, 0.05) is 12.8 Å². The van der Waals surface area contributed by atoms with Crippen molar-refractivity contribution in [3.05, 3.63) is 48.6 Å². The lowest BCUT2D eigenvalue weighted by Gasteiger charge is -2.28. The number of ether oxygens (including phenoxy) is 2. The van der Waals surface area contributed by atoms with Crippen LogP contribution in [0.1, 0.15) is 309 Å². The molecule has 10 heteroatoms. The molecule has 0 fully saturated rings. The Hall–Kier alpha value is -2.03. The molecule has 9 nitrogen and oxygen atoms in total. The van der Waals surface area contributed by atoms with Gasteiger partial charge in [-0.05, 0) is 77.0 Å². The van der Waals surface area contributed by atoms with E-state index in [0.717, 1.165) is 51.4 Å². The molecule has 0 aromatic carbocycles. The largest absolute Gasteiger partial charge is 0.756 e. The molecule has 0 rings (SSSR count). The summed E-state index contributed by atoms with van der Waals surface area (Å²) >= 11 is 0. The first kappa shape index (κ1) is 74.0. The van der Waals surface area contributed by atoms with Gasteiger partial charge in [-0.15, -0.1) is 0 Å². The highest BCUT2D eigenvalue weighted by Gasteiger charge is 2.22. The molecule has 0 saturated carbocycles. The van der Waals surface area contributed by atoms with Crippen molar-refractivity contribution in [3.63, 3.8) is 0 Å². The van der Waals surface area contributed by atoms with E-state index in [0.29, 0.717) is 17.4 Å². The van der Waals surface area contributed by atoms with Gasteiger partial charge >= 0.3 is 11.9 Å². The average Bonchev–Trinajstić information content (AvgIpc) is 3.38. The Morgan fingerprint density at radius 2 is 0.711 bits per heavy atom. The summed E-state index contributed by atoms with van der Waals surface area (Å²) in [5.74, 6) is -0.822. The Kier molecular flexibility index (Phi) is 56.1. The number of likely N-dealkylation sites (N-methyl/N-ethyl adjacent to an activating group) is 1. The summed E-state index contributed by atoms with van der Waals surface area (Å²) in [4.78, 5) is 38.0. The predicted molar refractivity (Wildman–Crippen MR) is 324 cm³/mol. The van der Waals surface area contributed by atoms with Crippen LogP contribution < -0.4 is 4.89 Å². The Morgan fingerprint density at radius 3 is 1.04 bits per heavy atom. The molecular formula is C66H124NO8P. The third-order valence-corrected chi connectivity index (χ3v) is 15.3. The van der Waals surface area contributed by atoms with Gasteiger partial charge in [-0.2, -0.15) is 0 Å². The molecule has 446 valence electrons. The number of carbonyl (C=O) groups is 2. The SMILES string of the molecule is CCCCCCC/C=C\C/C=C\CCCCCCCCCCCCCCCCCCCC(=O)OC(COC(=O)CCCCCCCCCCCCC/C=C\C/C=C\CCCCCCC)COP(=O)([O-])OCC[N+](C)(C)C. The maximum Gasteiger partial charge on any atom is 0.306 e. The first-order chi connectivity index (χ1) is 37.0. The second-order valence-electron chi connectivity index (χ2n) is 23.1. The van der Waals surface area contributed by atoms with Crippen LogP contribution in [0.4, 0.5) is 0 Å². The molecular weight excluding hydrogens is 966 g/mol. The fraction of sp³-hybridized carbons (Fsp3) is 0.848. The fourth-order valence-corrected chi connectivity index (χ4v) is 10.0. The van der Waals surface area contributed by atoms with Gasteiger partial charge in [0.05, 0.1) is 27.7 Å². The second kappa shape index (κ2) is 57.6. The van der Waals surface area contributed by atoms with Gasteiger partial charge < -0.3 is 27.9 Å². The Labute approximate surface area is 471 Å². The quantitative estimate of drug-likeness (QED) is 0.0195. The highest BCUT2D eigenvalue weighted by molar-refractivity contribution is 7.45. The van der Waals surface area contributed by atoms with Crippen molar-refractivity contribution in [1.82, 2.24) is 0 Å². The van der Waals surface area contributed by atoms with Crippen LogP contribution in [0.15, 0.2) is 48.6 Å². The smallest absolute Gasteiger partial charge is 0.306 e. The minimum atomic E-state index is -4.64. The summed E-state index contributed by atoms with van der Waals surface area (Å²) in [6.45, 7) is 4.26. The van der Waals surface area contributed by atoms with Crippen LogP contribution in [0.3, 0.4) is 0 Å². The fourth-order valence-electron chi connectivity index (χ4n) is 9.31. The number of hydrogen-bond acceptors (Lipinski definition) is 8. The van der Waals surface area contributed by atoms with Crippen molar-refractivity contribution in [2.45, 2.75) is 315 Å². The van der Waals surface area contributed by atoms with Crippen molar-refractivity contribution < 1.29 is 42.1 Å². The monoisotopic (exact) mass is 1090 g/mol. The number of allylic oxidation sites excluding steroid dienone is 8. The maximum absolute atomic E-state index is 12.8. The molecule has 0 saturated heterocycles. The van der Waals surface area contributed by atoms with Gasteiger partial charge in [-0.3, -0.25) is 14.2 Å². The van der Waals surface area contributed by atoms with Crippen molar-refractivity contribution in [3.8, 4) is 0 Å². The van der Waals surface area contributed by atoms with E-state index in [2.05, 4.69) is 62.5 Å². The Morgan fingerprint density at radius 1 is 0.408 bits per heavy atom. The topological polar surface area (TPSA) is 111 Å². The minimum Gasteiger partial charge on any atom is -0.756 e. The van der Waals surface area contributed by atoms with Gasteiger partial charge in [-0.1, -0.05) is 268 Å².